The second kappa shape index (κ2) is 5.41. The summed E-state index contributed by atoms with van der Waals surface area (Å²) in [5, 5.41) is 13.7. The first-order valence-corrected chi connectivity index (χ1v) is 5.06. The van der Waals surface area contributed by atoms with Gasteiger partial charge in [-0.15, -0.1) is 0 Å². The molecule has 0 saturated carbocycles. The molecule has 0 aliphatic rings. The average molecular weight is 225 g/mol. The Morgan fingerprint density at radius 1 is 1.56 bits per heavy atom. The Hall–Kier alpha value is -1.69. The molecule has 0 amide bonds. The molecule has 16 heavy (non-hydrogen) atoms. The Labute approximate surface area is 93.1 Å². The van der Waals surface area contributed by atoms with Gasteiger partial charge in [-0.2, -0.15) is 0 Å². The van der Waals surface area contributed by atoms with E-state index in [2.05, 4.69) is 5.32 Å². The van der Waals surface area contributed by atoms with Gasteiger partial charge < -0.3 is 9.88 Å². The highest BCUT2D eigenvalue weighted by molar-refractivity contribution is 5.35. The molecule has 1 rings (SSSR count). The summed E-state index contributed by atoms with van der Waals surface area (Å²) in [5.74, 6) is 0. The van der Waals surface area contributed by atoms with E-state index >= 15 is 0 Å². The second-order valence-electron chi connectivity index (χ2n) is 3.59. The quantitative estimate of drug-likeness (QED) is 0.454. The van der Waals surface area contributed by atoms with Crippen LogP contribution in [0.2, 0.25) is 0 Å². The van der Waals surface area contributed by atoms with Crippen molar-refractivity contribution in [2.45, 2.75) is 19.9 Å². The summed E-state index contributed by atoms with van der Waals surface area (Å²) in [7, 11) is 1.82. The summed E-state index contributed by atoms with van der Waals surface area (Å²) in [6.45, 7) is 2.83. The third-order valence-corrected chi connectivity index (χ3v) is 2.33. The van der Waals surface area contributed by atoms with E-state index in [9.17, 15) is 14.9 Å². The first kappa shape index (κ1) is 12.4. The molecule has 1 heterocycles. The van der Waals surface area contributed by atoms with Crippen LogP contribution in [0.5, 0.6) is 0 Å². The van der Waals surface area contributed by atoms with Gasteiger partial charge in [0.25, 0.3) is 11.2 Å². The Morgan fingerprint density at radius 2 is 2.25 bits per heavy atom. The molecule has 0 radical (unpaired) electrons. The molecule has 0 aliphatic carbocycles. The summed E-state index contributed by atoms with van der Waals surface area (Å²) in [6.07, 6.45) is 2.07. The zero-order valence-corrected chi connectivity index (χ0v) is 9.40. The molecule has 0 spiro atoms. The lowest BCUT2D eigenvalue weighted by molar-refractivity contribution is -0.385. The third-order valence-electron chi connectivity index (χ3n) is 2.33. The van der Waals surface area contributed by atoms with Crippen molar-refractivity contribution in [3.05, 3.63) is 38.3 Å². The van der Waals surface area contributed by atoms with Crippen molar-refractivity contribution in [1.29, 1.82) is 0 Å². The smallest absolute Gasteiger partial charge is 0.288 e. The van der Waals surface area contributed by atoms with E-state index < -0.39 is 4.92 Å². The van der Waals surface area contributed by atoms with Gasteiger partial charge in [-0.25, -0.2) is 0 Å². The largest absolute Gasteiger partial charge is 0.320 e. The zero-order valence-electron chi connectivity index (χ0n) is 9.40. The average Bonchev–Trinajstić information content (AvgIpc) is 2.21. The maximum absolute atomic E-state index is 11.5. The van der Waals surface area contributed by atoms with Crippen LogP contribution in [0.1, 0.15) is 12.0 Å². The van der Waals surface area contributed by atoms with Crippen LogP contribution in [0.15, 0.2) is 17.1 Å². The molecule has 88 valence electrons. The van der Waals surface area contributed by atoms with Gasteiger partial charge in [0.2, 0.25) is 0 Å². The van der Waals surface area contributed by atoms with Gasteiger partial charge in [-0.05, 0) is 26.9 Å². The lowest BCUT2D eigenvalue weighted by atomic mass is 10.2. The number of aryl methyl sites for hydroxylation is 2. The summed E-state index contributed by atoms with van der Waals surface area (Å²) < 4.78 is 1.38. The summed E-state index contributed by atoms with van der Waals surface area (Å²) >= 11 is 0. The van der Waals surface area contributed by atoms with Crippen LogP contribution in [0.3, 0.4) is 0 Å². The van der Waals surface area contributed by atoms with E-state index in [1.807, 2.05) is 7.05 Å². The van der Waals surface area contributed by atoms with Crippen LogP contribution >= 0.6 is 0 Å². The van der Waals surface area contributed by atoms with Gasteiger partial charge in [0.15, 0.2) is 0 Å². The van der Waals surface area contributed by atoms with E-state index in [1.165, 1.54) is 16.8 Å². The highest BCUT2D eigenvalue weighted by atomic mass is 16.6. The topological polar surface area (TPSA) is 77.2 Å². The zero-order chi connectivity index (χ0) is 12.1. The number of pyridine rings is 1. The molecular formula is C10H15N3O3. The number of rotatable bonds is 5. The Balaban J connectivity index is 2.96. The van der Waals surface area contributed by atoms with Gasteiger partial charge in [0, 0.05) is 18.2 Å². The predicted molar refractivity (Wildman–Crippen MR) is 60.6 cm³/mol. The molecule has 0 saturated heterocycles. The molecule has 6 heteroatoms. The summed E-state index contributed by atoms with van der Waals surface area (Å²) in [4.78, 5) is 21.8. The van der Waals surface area contributed by atoms with Gasteiger partial charge >= 0.3 is 0 Å². The molecule has 1 N–H and O–H groups in total. The van der Waals surface area contributed by atoms with E-state index in [1.54, 1.807) is 6.92 Å². The molecule has 6 nitrogen and oxygen atoms in total. The fourth-order valence-corrected chi connectivity index (χ4v) is 1.45. The Kier molecular flexibility index (Phi) is 4.19. The maximum atomic E-state index is 11.5. The highest BCUT2D eigenvalue weighted by Crippen LogP contribution is 2.13. The van der Waals surface area contributed by atoms with E-state index in [0.717, 1.165) is 13.0 Å². The second-order valence-corrected chi connectivity index (χ2v) is 3.59. The number of nitrogens with one attached hydrogen (secondary N) is 1. The molecule has 0 fully saturated rings. The molecule has 0 bridgehead atoms. The van der Waals surface area contributed by atoms with Crippen LogP contribution in [0.25, 0.3) is 0 Å². The fraction of sp³-hybridized carbons (Fsp3) is 0.500. The molecule has 1 aromatic rings. The predicted octanol–water partition coefficient (Wildman–Crippen LogP) is 0.674. The van der Waals surface area contributed by atoms with E-state index in [0.29, 0.717) is 12.1 Å². The van der Waals surface area contributed by atoms with Crippen LogP contribution in [-0.2, 0) is 6.54 Å². The molecule has 1 aromatic heterocycles. The van der Waals surface area contributed by atoms with Crippen LogP contribution in [0.4, 0.5) is 5.69 Å². The minimum atomic E-state index is -0.469. The Morgan fingerprint density at radius 3 is 2.81 bits per heavy atom. The number of nitro groups is 1. The maximum Gasteiger partial charge on any atom is 0.288 e. The number of nitrogens with zero attached hydrogens (tertiary/aromatic N) is 2. The number of aromatic nitrogens is 1. The highest BCUT2D eigenvalue weighted by Gasteiger charge is 2.12. The Bertz CT molecular complexity index is 439. The molecule has 0 aliphatic heterocycles. The molecule has 0 unspecified atom stereocenters. The van der Waals surface area contributed by atoms with Gasteiger partial charge in [0.05, 0.1) is 11.1 Å². The van der Waals surface area contributed by atoms with Gasteiger partial charge in [0.1, 0.15) is 0 Å². The third kappa shape index (κ3) is 2.90. The molecule has 0 aromatic carbocycles. The van der Waals surface area contributed by atoms with Crippen LogP contribution in [0, 0.1) is 17.0 Å². The van der Waals surface area contributed by atoms with Crippen molar-refractivity contribution >= 4 is 5.69 Å². The minimum Gasteiger partial charge on any atom is -0.320 e. The van der Waals surface area contributed by atoms with Gasteiger partial charge in [-0.3, -0.25) is 14.9 Å². The lowest BCUT2D eigenvalue weighted by Gasteiger charge is -2.06. The fourth-order valence-electron chi connectivity index (χ4n) is 1.45. The van der Waals surface area contributed by atoms with Crippen LogP contribution in [-0.4, -0.2) is 23.1 Å². The number of hydrogen-bond acceptors (Lipinski definition) is 4. The first-order valence-electron chi connectivity index (χ1n) is 5.06. The van der Waals surface area contributed by atoms with E-state index in [4.69, 9.17) is 0 Å². The van der Waals surface area contributed by atoms with Crippen molar-refractivity contribution in [2.75, 3.05) is 13.6 Å². The van der Waals surface area contributed by atoms with Crippen molar-refractivity contribution < 1.29 is 4.92 Å². The number of hydrogen-bond donors (Lipinski definition) is 1. The van der Waals surface area contributed by atoms with Gasteiger partial charge in [-0.1, -0.05) is 0 Å². The SMILES string of the molecule is CNCCCn1cc([N+](=O)[O-])c(C)cc1=O. The van der Waals surface area contributed by atoms with Crippen LogP contribution < -0.4 is 10.9 Å². The standard InChI is InChI=1S/C10H15N3O3/c1-8-6-10(14)12(5-3-4-11-2)7-9(8)13(15)16/h6-7,11H,3-5H2,1-2H3. The minimum absolute atomic E-state index is 0.0101. The monoisotopic (exact) mass is 225 g/mol. The molecular weight excluding hydrogens is 210 g/mol. The van der Waals surface area contributed by atoms with Crippen molar-refractivity contribution in [3.8, 4) is 0 Å². The summed E-state index contributed by atoms with van der Waals surface area (Å²) in [5.41, 5.74) is 0.197. The first-order chi connectivity index (χ1) is 7.56. The molecule has 0 atom stereocenters. The lowest BCUT2D eigenvalue weighted by Crippen LogP contribution is -2.22. The van der Waals surface area contributed by atoms with Crippen molar-refractivity contribution in [1.82, 2.24) is 9.88 Å². The summed E-state index contributed by atoms with van der Waals surface area (Å²) in [6, 6.07) is 1.30. The van der Waals surface area contributed by atoms with Crippen molar-refractivity contribution in [3.63, 3.8) is 0 Å². The van der Waals surface area contributed by atoms with E-state index in [-0.39, 0.29) is 11.2 Å². The normalized spacial score (nSPS) is 10.4. The van der Waals surface area contributed by atoms with Crippen molar-refractivity contribution in [2.24, 2.45) is 0 Å².